The average molecular weight is 483 g/mol. The molecule has 1 aliphatic heterocycles. The van der Waals surface area contributed by atoms with Crippen LogP contribution in [0, 0.1) is 6.92 Å². The normalized spacial score (nSPS) is 11.3. The van der Waals surface area contributed by atoms with Crippen LogP contribution in [0.5, 0.6) is 0 Å². The maximum Gasteiger partial charge on any atom is 0.204 e. The van der Waals surface area contributed by atoms with Gasteiger partial charge in [0.1, 0.15) is 6.29 Å². The van der Waals surface area contributed by atoms with Crippen molar-refractivity contribution in [3.05, 3.63) is 65.4 Å². The molecule has 0 fully saturated rings. The number of carbonyl (C=O) groups excluding carboxylic acids is 2. The van der Waals surface area contributed by atoms with E-state index in [9.17, 15) is 4.79 Å². The zero-order chi connectivity index (χ0) is 26.6. The Hall–Kier alpha value is -3.12. The molecule has 3 N–H and O–H groups in total. The van der Waals surface area contributed by atoms with Gasteiger partial charge < -0.3 is 25.3 Å². The van der Waals surface area contributed by atoms with Gasteiger partial charge in [0.25, 0.3) is 0 Å². The summed E-state index contributed by atoms with van der Waals surface area (Å²) in [6, 6.07) is 14.9. The predicted octanol–water partition coefficient (Wildman–Crippen LogP) is 5.37. The van der Waals surface area contributed by atoms with E-state index in [-0.39, 0.29) is 6.41 Å². The van der Waals surface area contributed by atoms with Gasteiger partial charge in [-0.25, -0.2) is 0 Å². The van der Waals surface area contributed by atoms with E-state index in [1.807, 2.05) is 38.2 Å². The molecule has 2 aromatic carbocycles. The summed E-state index contributed by atoms with van der Waals surface area (Å²) in [4.78, 5) is 26.5. The summed E-state index contributed by atoms with van der Waals surface area (Å²) in [7, 11) is 6.29. The molecule has 194 valence electrons. The van der Waals surface area contributed by atoms with Crippen LogP contribution in [0.25, 0.3) is 10.9 Å². The van der Waals surface area contributed by atoms with Crippen molar-refractivity contribution in [3.8, 4) is 0 Å². The van der Waals surface area contributed by atoms with E-state index in [0.29, 0.717) is 6.42 Å². The van der Waals surface area contributed by atoms with Crippen molar-refractivity contribution in [1.29, 1.82) is 0 Å². The molecule has 0 saturated heterocycles. The van der Waals surface area contributed by atoms with E-state index in [4.69, 9.17) is 4.79 Å². The highest BCUT2D eigenvalue weighted by Crippen LogP contribution is 2.26. The van der Waals surface area contributed by atoms with Crippen molar-refractivity contribution in [1.82, 2.24) is 9.88 Å². The second kappa shape index (κ2) is 19.2. The van der Waals surface area contributed by atoms with Crippen LogP contribution in [-0.4, -0.2) is 56.8 Å². The molecule has 35 heavy (non-hydrogen) atoms. The molecular formula is C29H46N4O2. The van der Waals surface area contributed by atoms with Gasteiger partial charge in [-0.05, 0) is 70.1 Å². The number of rotatable bonds is 4. The van der Waals surface area contributed by atoms with Crippen LogP contribution in [0.3, 0.4) is 0 Å². The zero-order valence-electron chi connectivity index (χ0n) is 22.8. The number of nitrogens with one attached hydrogen (secondary N) is 1. The first-order valence-electron chi connectivity index (χ1n) is 12.5. The molecule has 6 nitrogen and oxygen atoms in total. The summed E-state index contributed by atoms with van der Waals surface area (Å²) in [5.41, 5.74) is 10.9. The maximum absolute atomic E-state index is 10.2. The first-order chi connectivity index (χ1) is 16.9. The molecule has 4 rings (SSSR count). The summed E-state index contributed by atoms with van der Waals surface area (Å²) in [6.07, 6.45) is 7.17. The fourth-order valence-corrected chi connectivity index (χ4v) is 3.47. The number of carbonyl (C=O) groups is 2. The van der Waals surface area contributed by atoms with Crippen molar-refractivity contribution in [2.75, 3.05) is 39.1 Å². The highest BCUT2D eigenvalue weighted by Gasteiger charge is 2.12. The summed E-state index contributed by atoms with van der Waals surface area (Å²) in [5.74, 6) is 0. The molecular weight excluding hydrogens is 436 g/mol. The van der Waals surface area contributed by atoms with Gasteiger partial charge in [0.2, 0.25) is 6.41 Å². The lowest BCUT2D eigenvalue weighted by Gasteiger charge is -2.27. The second-order valence-corrected chi connectivity index (χ2v) is 8.25. The van der Waals surface area contributed by atoms with Gasteiger partial charge in [-0.3, -0.25) is 4.79 Å². The molecule has 0 atom stereocenters. The van der Waals surface area contributed by atoms with Crippen molar-refractivity contribution in [3.63, 3.8) is 0 Å². The Bertz CT molecular complexity index is 966. The highest BCUT2D eigenvalue weighted by atomic mass is 16.1. The fraction of sp³-hybridized carbons (Fsp3) is 0.448. The van der Waals surface area contributed by atoms with Crippen molar-refractivity contribution >= 4 is 29.3 Å². The molecule has 2 heterocycles. The smallest absolute Gasteiger partial charge is 0.204 e. The molecule has 0 unspecified atom stereocenters. The number of aromatic nitrogens is 1. The quantitative estimate of drug-likeness (QED) is 0.490. The number of anilines is 1. The number of nitrogens with two attached hydrogens (primary N) is 1. The molecule has 0 aliphatic carbocycles. The maximum atomic E-state index is 10.2. The lowest BCUT2D eigenvalue weighted by atomic mass is 10.0. The molecule has 0 spiro atoms. The van der Waals surface area contributed by atoms with Gasteiger partial charge >= 0.3 is 0 Å². The number of H-pyrrole nitrogens is 1. The number of amides is 1. The fourth-order valence-electron chi connectivity index (χ4n) is 3.47. The first kappa shape index (κ1) is 31.9. The van der Waals surface area contributed by atoms with Crippen molar-refractivity contribution < 1.29 is 9.59 Å². The Morgan fingerprint density at radius 2 is 1.74 bits per heavy atom. The standard InChI is InChI=1S/C11H11NO.C11H15N.C4H11N.C2H6.CH3NO/c13-7-3-4-9-8-12-11-6-2-1-5-10(9)11;1-9-5-6-11-10(8-9)4-3-7-12(11)2;1-4-5(2)3;1-2;2-1-3/h1-2,5-8,12H,3-4H2;5-6,8H,3-4,7H2,1-2H3;4H2,1-3H3;1-2H3;1H,(H2,2,3). The van der Waals surface area contributed by atoms with Crippen LogP contribution in [0.4, 0.5) is 5.69 Å². The Morgan fingerprint density at radius 1 is 1.11 bits per heavy atom. The number of hydrogen-bond acceptors (Lipinski definition) is 4. The molecule has 1 amide bonds. The van der Waals surface area contributed by atoms with Gasteiger partial charge in [0.15, 0.2) is 0 Å². The van der Waals surface area contributed by atoms with Gasteiger partial charge in [0, 0.05) is 42.8 Å². The number of aldehydes is 1. The van der Waals surface area contributed by atoms with Crippen LogP contribution in [0.15, 0.2) is 48.7 Å². The number of fused-ring (bicyclic) bond motifs is 2. The van der Waals surface area contributed by atoms with Crippen molar-refractivity contribution in [2.24, 2.45) is 5.73 Å². The van der Waals surface area contributed by atoms with E-state index in [2.05, 4.69) is 79.8 Å². The third kappa shape index (κ3) is 12.2. The number of benzene rings is 2. The Balaban J connectivity index is 0.000000485. The number of para-hydroxylation sites is 1. The van der Waals surface area contributed by atoms with E-state index in [1.165, 1.54) is 47.2 Å². The Kier molecular flexibility index (Phi) is 17.5. The second-order valence-electron chi connectivity index (χ2n) is 8.25. The minimum atomic E-state index is 0.250. The summed E-state index contributed by atoms with van der Waals surface area (Å²) >= 11 is 0. The molecule has 0 saturated carbocycles. The molecule has 0 bridgehead atoms. The van der Waals surface area contributed by atoms with Crippen LogP contribution < -0.4 is 10.6 Å². The number of aromatic amines is 1. The number of aryl methyl sites for hydroxylation is 3. The first-order valence-corrected chi connectivity index (χ1v) is 12.5. The van der Waals surface area contributed by atoms with Gasteiger partial charge in [0.05, 0.1) is 0 Å². The van der Waals surface area contributed by atoms with Crippen LogP contribution >= 0.6 is 0 Å². The van der Waals surface area contributed by atoms with E-state index >= 15 is 0 Å². The SMILES string of the molecule is CC.CCN(C)C.Cc1ccc2c(c1)CCCN2C.NC=O.O=CCCc1c[nH]c2ccccc12. The number of nitrogens with zero attached hydrogens (tertiary/aromatic N) is 2. The van der Waals surface area contributed by atoms with E-state index in [0.717, 1.165) is 24.8 Å². The Morgan fingerprint density at radius 3 is 2.34 bits per heavy atom. The number of primary amides is 1. The predicted molar refractivity (Wildman–Crippen MR) is 151 cm³/mol. The Labute approximate surface area is 212 Å². The third-order valence-corrected chi connectivity index (χ3v) is 5.42. The summed E-state index contributed by atoms with van der Waals surface area (Å²) in [6.45, 7) is 10.6. The van der Waals surface area contributed by atoms with Crippen molar-refractivity contribution in [2.45, 2.75) is 53.4 Å². The molecule has 1 aliphatic rings. The largest absolute Gasteiger partial charge is 0.374 e. The third-order valence-electron chi connectivity index (χ3n) is 5.42. The zero-order valence-corrected chi connectivity index (χ0v) is 22.8. The highest BCUT2D eigenvalue weighted by molar-refractivity contribution is 5.83. The minimum absolute atomic E-state index is 0.250. The topological polar surface area (TPSA) is 82.4 Å². The minimum Gasteiger partial charge on any atom is -0.374 e. The lowest BCUT2D eigenvalue weighted by molar-refractivity contribution is -0.108. The van der Waals surface area contributed by atoms with E-state index in [1.54, 1.807) is 0 Å². The summed E-state index contributed by atoms with van der Waals surface area (Å²) in [5, 5.41) is 1.23. The molecule has 0 radical (unpaired) electrons. The van der Waals surface area contributed by atoms with Crippen LogP contribution in [0.1, 0.15) is 50.3 Å². The monoisotopic (exact) mass is 482 g/mol. The molecule has 6 heteroatoms. The van der Waals surface area contributed by atoms with Gasteiger partial charge in [-0.1, -0.05) is 56.7 Å². The van der Waals surface area contributed by atoms with Crippen LogP contribution in [0.2, 0.25) is 0 Å². The molecule has 1 aromatic heterocycles. The van der Waals surface area contributed by atoms with Gasteiger partial charge in [-0.15, -0.1) is 0 Å². The van der Waals surface area contributed by atoms with E-state index < -0.39 is 0 Å². The van der Waals surface area contributed by atoms with Gasteiger partial charge in [-0.2, -0.15) is 0 Å². The summed E-state index contributed by atoms with van der Waals surface area (Å²) < 4.78 is 0. The molecule has 3 aromatic rings. The lowest BCUT2D eigenvalue weighted by Crippen LogP contribution is -2.24. The number of hydrogen-bond donors (Lipinski definition) is 2. The van der Waals surface area contributed by atoms with Crippen LogP contribution in [-0.2, 0) is 22.4 Å². The average Bonchev–Trinajstić information content (AvgIpc) is 3.28.